The molecule has 1 saturated heterocycles. The van der Waals surface area contributed by atoms with Gasteiger partial charge in [0.15, 0.2) is 5.13 Å². The van der Waals surface area contributed by atoms with Gasteiger partial charge in [0.25, 0.3) is 0 Å². The van der Waals surface area contributed by atoms with Crippen LogP contribution < -0.4 is 10.6 Å². The number of nitrogen functional groups attached to an aromatic ring is 1. The van der Waals surface area contributed by atoms with E-state index in [-0.39, 0.29) is 0 Å². The number of hydrogen-bond donors (Lipinski definition) is 1. The third kappa shape index (κ3) is 3.57. The Bertz CT molecular complexity index is 334. The molecule has 2 rings (SSSR count). The van der Waals surface area contributed by atoms with E-state index in [0.29, 0.717) is 5.82 Å². The monoisotopic (exact) mass is 255 g/mol. The van der Waals surface area contributed by atoms with Gasteiger partial charge in [0, 0.05) is 31.7 Å². The summed E-state index contributed by atoms with van der Waals surface area (Å²) in [4.78, 5) is 6.66. The standard InChI is InChI=1S/C12H21N3OS/c1-2-7-16-8-10-3-5-15(6-4-10)12-14-11(13)9-17-12/h9-10H,2-8,13H2,1H3. The number of nitrogens with zero attached hydrogens (tertiary/aromatic N) is 2. The molecule has 2 N–H and O–H groups in total. The maximum Gasteiger partial charge on any atom is 0.187 e. The van der Waals surface area contributed by atoms with Gasteiger partial charge in [-0.2, -0.15) is 0 Å². The minimum atomic E-state index is 0.637. The van der Waals surface area contributed by atoms with Gasteiger partial charge >= 0.3 is 0 Å². The van der Waals surface area contributed by atoms with Gasteiger partial charge in [-0.05, 0) is 25.2 Å². The van der Waals surface area contributed by atoms with Crippen molar-refractivity contribution >= 4 is 22.3 Å². The van der Waals surface area contributed by atoms with Crippen LogP contribution in [0.2, 0.25) is 0 Å². The van der Waals surface area contributed by atoms with Crippen molar-refractivity contribution in [2.45, 2.75) is 26.2 Å². The van der Waals surface area contributed by atoms with E-state index >= 15 is 0 Å². The van der Waals surface area contributed by atoms with Crippen LogP contribution in [0.5, 0.6) is 0 Å². The second-order valence-corrected chi connectivity index (χ2v) is 5.40. The van der Waals surface area contributed by atoms with Gasteiger partial charge in [-0.25, -0.2) is 4.98 Å². The molecule has 2 heterocycles. The summed E-state index contributed by atoms with van der Waals surface area (Å²) in [5.41, 5.74) is 5.65. The van der Waals surface area contributed by atoms with E-state index in [2.05, 4.69) is 16.8 Å². The third-order valence-corrected chi connectivity index (χ3v) is 4.02. The first-order valence-electron chi connectivity index (χ1n) is 6.33. The van der Waals surface area contributed by atoms with Crippen LogP contribution in [0.1, 0.15) is 26.2 Å². The number of ether oxygens (including phenoxy) is 1. The van der Waals surface area contributed by atoms with Crippen LogP contribution in [-0.4, -0.2) is 31.3 Å². The summed E-state index contributed by atoms with van der Waals surface area (Å²) in [6.45, 7) is 6.11. The number of thiazole rings is 1. The lowest BCUT2D eigenvalue weighted by molar-refractivity contribution is 0.0908. The smallest absolute Gasteiger partial charge is 0.187 e. The van der Waals surface area contributed by atoms with Crippen LogP contribution in [0, 0.1) is 5.92 Å². The molecular formula is C12H21N3OS. The van der Waals surface area contributed by atoms with Gasteiger partial charge in [-0.15, -0.1) is 11.3 Å². The normalized spacial score (nSPS) is 17.6. The molecule has 0 amide bonds. The van der Waals surface area contributed by atoms with Crippen LogP contribution >= 0.6 is 11.3 Å². The highest BCUT2D eigenvalue weighted by Crippen LogP contribution is 2.27. The maximum absolute atomic E-state index is 5.65. The van der Waals surface area contributed by atoms with Crippen molar-refractivity contribution < 1.29 is 4.74 Å². The fourth-order valence-electron chi connectivity index (χ4n) is 2.11. The molecule has 1 aromatic heterocycles. The highest BCUT2D eigenvalue weighted by Gasteiger charge is 2.21. The molecular weight excluding hydrogens is 234 g/mol. The molecule has 1 aromatic rings. The summed E-state index contributed by atoms with van der Waals surface area (Å²) in [7, 11) is 0. The molecule has 0 radical (unpaired) electrons. The fourth-order valence-corrected chi connectivity index (χ4v) is 2.88. The fraction of sp³-hybridized carbons (Fsp3) is 0.750. The summed E-state index contributed by atoms with van der Waals surface area (Å²) in [6, 6.07) is 0. The Morgan fingerprint density at radius 1 is 1.53 bits per heavy atom. The maximum atomic E-state index is 5.65. The zero-order valence-electron chi connectivity index (χ0n) is 10.4. The summed E-state index contributed by atoms with van der Waals surface area (Å²) in [5, 5.41) is 2.97. The Hall–Kier alpha value is -0.810. The van der Waals surface area contributed by atoms with Crippen LogP contribution in [0.25, 0.3) is 0 Å². The lowest BCUT2D eigenvalue weighted by atomic mass is 9.98. The van der Waals surface area contributed by atoms with Crippen molar-refractivity contribution in [1.29, 1.82) is 0 Å². The Balaban J connectivity index is 1.74. The van der Waals surface area contributed by atoms with Gasteiger partial charge < -0.3 is 15.4 Å². The molecule has 4 nitrogen and oxygen atoms in total. The Labute approximate surface area is 107 Å². The van der Waals surface area contributed by atoms with Crippen molar-refractivity contribution in [2.75, 3.05) is 36.9 Å². The van der Waals surface area contributed by atoms with E-state index in [1.807, 2.05) is 5.38 Å². The van der Waals surface area contributed by atoms with Crippen LogP contribution in [-0.2, 0) is 4.74 Å². The molecule has 0 saturated carbocycles. The SMILES string of the molecule is CCCOCC1CCN(c2nc(N)cs2)CC1. The van der Waals surface area contributed by atoms with E-state index in [0.717, 1.165) is 43.8 Å². The molecule has 5 heteroatoms. The van der Waals surface area contributed by atoms with Crippen LogP contribution in [0.4, 0.5) is 10.9 Å². The first-order chi connectivity index (χ1) is 8.29. The molecule has 0 aromatic carbocycles. The average Bonchev–Trinajstić information content (AvgIpc) is 2.77. The highest BCUT2D eigenvalue weighted by atomic mass is 32.1. The molecule has 0 bridgehead atoms. The Morgan fingerprint density at radius 3 is 2.88 bits per heavy atom. The second-order valence-electron chi connectivity index (χ2n) is 4.56. The summed E-state index contributed by atoms with van der Waals surface area (Å²) >= 11 is 1.64. The molecule has 0 aliphatic carbocycles. The molecule has 1 aliphatic rings. The number of rotatable bonds is 5. The molecule has 96 valence electrons. The van der Waals surface area contributed by atoms with Gasteiger partial charge in [-0.3, -0.25) is 0 Å². The zero-order valence-corrected chi connectivity index (χ0v) is 11.2. The molecule has 0 unspecified atom stereocenters. The van der Waals surface area contributed by atoms with E-state index in [9.17, 15) is 0 Å². The number of aromatic nitrogens is 1. The molecule has 1 aliphatic heterocycles. The van der Waals surface area contributed by atoms with Gasteiger partial charge in [0.2, 0.25) is 0 Å². The predicted octanol–water partition coefficient (Wildman–Crippen LogP) is 2.37. The topological polar surface area (TPSA) is 51.4 Å². The Morgan fingerprint density at radius 2 is 2.29 bits per heavy atom. The molecule has 0 atom stereocenters. The van der Waals surface area contributed by atoms with Gasteiger partial charge in [0.05, 0.1) is 0 Å². The zero-order chi connectivity index (χ0) is 12.1. The van der Waals surface area contributed by atoms with E-state index in [1.165, 1.54) is 12.8 Å². The first kappa shape index (κ1) is 12.6. The molecule has 17 heavy (non-hydrogen) atoms. The quantitative estimate of drug-likeness (QED) is 0.821. The minimum Gasteiger partial charge on any atom is -0.383 e. The molecule has 1 fully saturated rings. The number of nitrogens with two attached hydrogens (primary N) is 1. The number of piperidine rings is 1. The third-order valence-electron chi connectivity index (χ3n) is 3.10. The Kier molecular flexibility index (Phi) is 4.62. The van der Waals surface area contributed by atoms with Crippen molar-refractivity contribution in [3.8, 4) is 0 Å². The lowest BCUT2D eigenvalue weighted by Crippen LogP contribution is -2.35. The van der Waals surface area contributed by atoms with Crippen LogP contribution in [0.3, 0.4) is 0 Å². The number of anilines is 2. The van der Waals surface area contributed by atoms with Crippen molar-refractivity contribution in [1.82, 2.24) is 4.98 Å². The van der Waals surface area contributed by atoms with E-state index in [4.69, 9.17) is 10.5 Å². The van der Waals surface area contributed by atoms with Gasteiger partial charge in [-0.1, -0.05) is 6.92 Å². The largest absolute Gasteiger partial charge is 0.383 e. The summed E-state index contributed by atoms with van der Waals surface area (Å²) < 4.78 is 5.62. The van der Waals surface area contributed by atoms with Gasteiger partial charge in [0.1, 0.15) is 5.82 Å². The highest BCUT2D eigenvalue weighted by molar-refractivity contribution is 7.14. The predicted molar refractivity (Wildman–Crippen MR) is 72.6 cm³/mol. The summed E-state index contributed by atoms with van der Waals surface area (Å²) in [6.07, 6.45) is 3.50. The van der Waals surface area contributed by atoms with Crippen molar-refractivity contribution in [2.24, 2.45) is 5.92 Å². The first-order valence-corrected chi connectivity index (χ1v) is 7.21. The number of hydrogen-bond acceptors (Lipinski definition) is 5. The van der Waals surface area contributed by atoms with E-state index in [1.54, 1.807) is 11.3 Å². The molecule has 0 spiro atoms. The average molecular weight is 255 g/mol. The summed E-state index contributed by atoms with van der Waals surface area (Å²) in [5.74, 6) is 1.36. The van der Waals surface area contributed by atoms with E-state index < -0.39 is 0 Å². The van der Waals surface area contributed by atoms with Crippen LogP contribution in [0.15, 0.2) is 5.38 Å². The van der Waals surface area contributed by atoms with Crippen molar-refractivity contribution in [3.63, 3.8) is 0 Å². The lowest BCUT2D eigenvalue weighted by Gasteiger charge is -2.31. The van der Waals surface area contributed by atoms with Crippen molar-refractivity contribution in [3.05, 3.63) is 5.38 Å². The minimum absolute atomic E-state index is 0.637. The second kappa shape index (κ2) is 6.21.